The zero-order valence-electron chi connectivity index (χ0n) is 20.0. The zero-order chi connectivity index (χ0) is 24.8. The maximum Gasteiger partial charge on any atom is 0.257 e. The Morgan fingerprint density at radius 1 is 1.09 bits per heavy atom. The molecule has 0 spiro atoms. The molecule has 0 aliphatic carbocycles. The SMILES string of the molecule is CCOc1ccc(C(=O)Nc2cc(C(=O)N3CCC(c4ccc(C#N)cc4)CC3)ccc2C)cn1. The highest BCUT2D eigenvalue weighted by Crippen LogP contribution is 2.29. The molecule has 1 saturated heterocycles. The lowest BCUT2D eigenvalue weighted by Crippen LogP contribution is -2.38. The molecular formula is C28H28N4O3. The van der Waals surface area contributed by atoms with E-state index in [9.17, 15) is 9.59 Å². The number of nitrogens with one attached hydrogen (secondary N) is 1. The van der Waals surface area contributed by atoms with E-state index in [2.05, 4.69) is 16.4 Å². The van der Waals surface area contributed by atoms with Crippen LogP contribution in [-0.4, -0.2) is 41.4 Å². The summed E-state index contributed by atoms with van der Waals surface area (Å²) in [4.78, 5) is 31.9. The van der Waals surface area contributed by atoms with E-state index in [4.69, 9.17) is 10.00 Å². The number of rotatable bonds is 6. The molecule has 0 atom stereocenters. The van der Waals surface area contributed by atoms with E-state index in [0.29, 0.717) is 53.9 Å². The summed E-state index contributed by atoms with van der Waals surface area (Å²) in [5.41, 5.74) is 4.29. The molecule has 1 aliphatic rings. The van der Waals surface area contributed by atoms with Gasteiger partial charge in [0, 0.05) is 36.6 Å². The Morgan fingerprint density at radius 3 is 2.43 bits per heavy atom. The number of anilines is 1. The number of aromatic nitrogens is 1. The molecule has 178 valence electrons. The smallest absolute Gasteiger partial charge is 0.257 e. The second-order valence-electron chi connectivity index (χ2n) is 8.60. The summed E-state index contributed by atoms with van der Waals surface area (Å²) in [5, 5.41) is 11.9. The largest absolute Gasteiger partial charge is 0.478 e. The molecule has 1 fully saturated rings. The first-order valence-electron chi connectivity index (χ1n) is 11.8. The maximum atomic E-state index is 13.2. The molecule has 1 aromatic heterocycles. The van der Waals surface area contributed by atoms with Gasteiger partial charge < -0.3 is 15.0 Å². The van der Waals surface area contributed by atoms with E-state index in [-0.39, 0.29) is 11.8 Å². The average molecular weight is 469 g/mol. The van der Waals surface area contributed by atoms with Crippen LogP contribution in [0, 0.1) is 18.3 Å². The number of nitriles is 1. The third kappa shape index (κ3) is 5.67. The van der Waals surface area contributed by atoms with Crippen molar-refractivity contribution in [3.63, 3.8) is 0 Å². The second kappa shape index (κ2) is 10.8. The molecule has 4 rings (SSSR count). The standard InChI is InChI=1S/C28H28N4O3/c1-3-35-26-11-10-24(18-30-26)27(33)31-25-16-23(7-4-19(25)2)28(34)32-14-12-22(13-15-32)21-8-5-20(17-29)6-9-21/h4-11,16,18,22H,3,12-15H2,1-2H3,(H,31,33). The first-order valence-corrected chi connectivity index (χ1v) is 11.8. The van der Waals surface area contributed by atoms with Gasteiger partial charge in [-0.25, -0.2) is 4.98 Å². The number of ether oxygens (including phenoxy) is 1. The van der Waals surface area contributed by atoms with Crippen LogP contribution in [0.3, 0.4) is 0 Å². The predicted octanol–water partition coefficient (Wildman–Crippen LogP) is 4.93. The van der Waals surface area contributed by atoms with E-state index < -0.39 is 0 Å². The Morgan fingerprint density at radius 2 is 1.80 bits per heavy atom. The van der Waals surface area contributed by atoms with Gasteiger partial charge in [-0.3, -0.25) is 9.59 Å². The molecule has 1 aliphatic heterocycles. The summed E-state index contributed by atoms with van der Waals surface area (Å²) in [7, 11) is 0. The van der Waals surface area contributed by atoms with Crippen LogP contribution in [-0.2, 0) is 0 Å². The van der Waals surface area contributed by atoms with E-state index in [1.165, 1.54) is 11.8 Å². The Labute approximate surface area is 205 Å². The van der Waals surface area contributed by atoms with Crippen molar-refractivity contribution in [3.05, 3.63) is 88.6 Å². The number of benzene rings is 2. The Kier molecular flexibility index (Phi) is 7.41. The topological polar surface area (TPSA) is 95.3 Å². The fraction of sp³-hybridized carbons (Fsp3) is 0.286. The fourth-order valence-corrected chi connectivity index (χ4v) is 4.26. The maximum absolute atomic E-state index is 13.2. The van der Waals surface area contributed by atoms with Crippen molar-refractivity contribution >= 4 is 17.5 Å². The molecule has 1 N–H and O–H groups in total. The average Bonchev–Trinajstić information content (AvgIpc) is 2.90. The van der Waals surface area contributed by atoms with Crippen LogP contribution in [0.25, 0.3) is 0 Å². The van der Waals surface area contributed by atoms with Crippen molar-refractivity contribution < 1.29 is 14.3 Å². The summed E-state index contributed by atoms with van der Waals surface area (Å²) in [6.07, 6.45) is 3.22. The number of carbonyl (C=O) groups is 2. The van der Waals surface area contributed by atoms with Crippen LogP contribution in [0.15, 0.2) is 60.8 Å². The van der Waals surface area contributed by atoms with E-state index in [1.54, 1.807) is 24.3 Å². The molecule has 0 bridgehead atoms. The van der Waals surface area contributed by atoms with Gasteiger partial charge in [0.2, 0.25) is 5.88 Å². The molecule has 0 saturated carbocycles. The van der Waals surface area contributed by atoms with Crippen molar-refractivity contribution in [2.75, 3.05) is 25.0 Å². The van der Waals surface area contributed by atoms with Crippen molar-refractivity contribution in [2.45, 2.75) is 32.6 Å². The Balaban J connectivity index is 1.40. The lowest BCUT2D eigenvalue weighted by atomic mass is 9.89. The Bertz CT molecular complexity index is 1240. The minimum absolute atomic E-state index is 0.0403. The van der Waals surface area contributed by atoms with Crippen molar-refractivity contribution in [1.82, 2.24) is 9.88 Å². The summed E-state index contributed by atoms with van der Waals surface area (Å²) in [6, 6.07) is 18.6. The number of piperidine rings is 1. The first kappa shape index (κ1) is 24.0. The molecular weight excluding hydrogens is 440 g/mol. The number of aryl methyl sites for hydroxylation is 1. The molecule has 35 heavy (non-hydrogen) atoms. The van der Waals surface area contributed by atoms with Crippen LogP contribution in [0.1, 0.15) is 63.1 Å². The van der Waals surface area contributed by atoms with E-state index in [0.717, 1.165) is 18.4 Å². The summed E-state index contributed by atoms with van der Waals surface area (Å²) in [5.74, 6) is 0.510. The fourth-order valence-electron chi connectivity index (χ4n) is 4.26. The zero-order valence-corrected chi connectivity index (χ0v) is 20.0. The highest BCUT2D eigenvalue weighted by molar-refractivity contribution is 6.05. The molecule has 0 radical (unpaired) electrons. The normalized spacial score (nSPS) is 13.7. The van der Waals surface area contributed by atoms with Crippen LogP contribution in [0.4, 0.5) is 5.69 Å². The van der Waals surface area contributed by atoms with Gasteiger partial charge in [-0.1, -0.05) is 18.2 Å². The van der Waals surface area contributed by atoms with Crippen molar-refractivity contribution in [1.29, 1.82) is 5.26 Å². The monoisotopic (exact) mass is 468 g/mol. The third-order valence-electron chi connectivity index (χ3n) is 6.32. The highest BCUT2D eigenvalue weighted by atomic mass is 16.5. The Hall–Kier alpha value is -4.18. The lowest BCUT2D eigenvalue weighted by Gasteiger charge is -2.32. The van der Waals surface area contributed by atoms with Gasteiger partial charge >= 0.3 is 0 Å². The van der Waals surface area contributed by atoms with Gasteiger partial charge in [0.05, 0.1) is 23.8 Å². The van der Waals surface area contributed by atoms with Gasteiger partial charge in [-0.15, -0.1) is 0 Å². The number of amides is 2. The van der Waals surface area contributed by atoms with Crippen LogP contribution in [0.5, 0.6) is 5.88 Å². The van der Waals surface area contributed by atoms with Crippen molar-refractivity contribution in [2.24, 2.45) is 0 Å². The molecule has 7 heteroatoms. The summed E-state index contributed by atoms with van der Waals surface area (Å²) in [6.45, 7) is 5.60. The number of carbonyl (C=O) groups excluding carboxylic acids is 2. The predicted molar refractivity (Wildman–Crippen MR) is 134 cm³/mol. The van der Waals surface area contributed by atoms with Gasteiger partial charge in [-0.05, 0) is 74.1 Å². The second-order valence-corrected chi connectivity index (χ2v) is 8.60. The number of hydrogen-bond donors (Lipinski definition) is 1. The van der Waals surface area contributed by atoms with Crippen LogP contribution in [0.2, 0.25) is 0 Å². The molecule has 7 nitrogen and oxygen atoms in total. The van der Waals surface area contributed by atoms with Crippen molar-refractivity contribution in [3.8, 4) is 11.9 Å². The first-order chi connectivity index (χ1) is 17.0. The third-order valence-corrected chi connectivity index (χ3v) is 6.32. The highest BCUT2D eigenvalue weighted by Gasteiger charge is 2.25. The number of hydrogen-bond acceptors (Lipinski definition) is 5. The minimum atomic E-state index is -0.295. The quantitative estimate of drug-likeness (QED) is 0.553. The van der Waals surface area contributed by atoms with E-state index >= 15 is 0 Å². The van der Waals surface area contributed by atoms with Gasteiger partial charge in [0.15, 0.2) is 0 Å². The molecule has 3 aromatic rings. The van der Waals surface area contributed by atoms with Gasteiger partial charge in [0.1, 0.15) is 0 Å². The molecule has 2 amide bonds. The van der Waals surface area contributed by atoms with Crippen LogP contribution >= 0.6 is 0 Å². The molecule has 2 aromatic carbocycles. The van der Waals surface area contributed by atoms with Crippen LogP contribution < -0.4 is 10.1 Å². The number of pyridine rings is 1. The number of nitrogens with zero attached hydrogens (tertiary/aromatic N) is 3. The van der Waals surface area contributed by atoms with E-state index in [1.807, 2.05) is 49.1 Å². The lowest BCUT2D eigenvalue weighted by molar-refractivity contribution is 0.0712. The summed E-state index contributed by atoms with van der Waals surface area (Å²) >= 11 is 0. The van der Waals surface area contributed by atoms with Gasteiger partial charge in [-0.2, -0.15) is 5.26 Å². The molecule has 0 unspecified atom stereocenters. The summed E-state index contributed by atoms with van der Waals surface area (Å²) < 4.78 is 5.32. The molecule has 2 heterocycles. The minimum Gasteiger partial charge on any atom is -0.478 e. The van der Waals surface area contributed by atoms with Gasteiger partial charge in [0.25, 0.3) is 11.8 Å². The number of likely N-dealkylation sites (tertiary alicyclic amines) is 1.